The van der Waals surface area contributed by atoms with E-state index in [1.165, 1.54) is 36.1 Å². The molecule has 0 radical (unpaired) electrons. The second-order valence-electron chi connectivity index (χ2n) is 4.66. The minimum absolute atomic E-state index is 0.911. The molecule has 1 aliphatic heterocycles. The van der Waals surface area contributed by atoms with Crippen molar-refractivity contribution in [2.75, 3.05) is 24.6 Å². The molecule has 0 aromatic heterocycles. The number of hydrogen-bond acceptors (Lipinski definition) is 3. The van der Waals surface area contributed by atoms with Crippen LogP contribution in [-0.4, -0.2) is 40.6 Å². The molecule has 1 saturated heterocycles. The first-order valence-corrected chi connectivity index (χ1v) is 7.69. The molecule has 4 heteroatoms. The summed E-state index contributed by atoms with van der Waals surface area (Å²) in [5.74, 6) is 1.58. The van der Waals surface area contributed by atoms with E-state index in [-0.39, 0.29) is 0 Å². The van der Waals surface area contributed by atoms with Crippen LogP contribution in [0.1, 0.15) is 17.5 Å². The van der Waals surface area contributed by atoms with E-state index in [9.17, 15) is 4.79 Å². The van der Waals surface area contributed by atoms with Gasteiger partial charge in [0.25, 0.3) is 0 Å². The summed E-state index contributed by atoms with van der Waals surface area (Å²) >= 11 is 2.04. The van der Waals surface area contributed by atoms with Gasteiger partial charge in [-0.3, -0.25) is 4.90 Å². The van der Waals surface area contributed by atoms with E-state index in [2.05, 4.69) is 17.0 Å². The average molecular weight is 277 g/mol. The maximum absolute atomic E-state index is 10.4. The molecule has 19 heavy (non-hydrogen) atoms. The molecule has 0 saturated carbocycles. The number of carboxylic acid groups (broad SMARTS) is 1. The van der Waals surface area contributed by atoms with Crippen molar-refractivity contribution in [3.05, 3.63) is 41.5 Å². The molecule has 102 valence electrons. The SMILES string of the molecule is O=C(O)/C=C/c1ccc(CN2CCCSCC2)cc1. The molecule has 2 rings (SSSR count). The van der Waals surface area contributed by atoms with Crippen LogP contribution in [0.4, 0.5) is 0 Å². The average Bonchev–Trinajstić information content (AvgIpc) is 2.66. The third kappa shape index (κ3) is 5.09. The molecular formula is C15H19NO2S. The van der Waals surface area contributed by atoms with E-state index < -0.39 is 5.97 Å². The lowest BCUT2D eigenvalue weighted by Crippen LogP contribution is -2.25. The van der Waals surface area contributed by atoms with Crippen LogP contribution in [-0.2, 0) is 11.3 Å². The number of aliphatic carboxylic acids is 1. The zero-order chi connectivity index (χ0) is 13.5. The Labute approximate surface area is 118 Å². The van der Waals surface area contributed by atoms with Crippen LogP contribution >= 0.6 is 11.8 Å². The van der Waals surface area contributed by atoms with Gasteiger partial charge in [-0.2, -0.15) is 11.8 Å². The molecule has 0 unspecified atom stereocenters. The van der Waals surface area contributed by atoms with E-state index in [1.807, 2.05) is 23.9 Å². The highest BCUT2D eigenvalue weighted by Crippen LogP contribution is 2.14. The Morgan fingerprint density at radius 3 is 2.79 bits per heavy atom. The van der Waals surface area contributed by atoms with Gasteiger partial charge in [-0.05, 0) is 35.9 Å². The number of carboxylic acids is 1. The summed E-state index contributed by atoms with van der Waals surface area (Å²) in [5, 5.41) is 8.58. The molecule has 1 aromatic carbocycles. The van der Waals surface area contributed by atoms with Gasteiger partial charge in [0.05, 0.1) is 0 Å². The number of carbonyl (C=O) groups is 1. The molecule has 1 fully saturated rings. The van der Waals surface area contributed by atoms with Crippen molar-refractivity contribution in [1.82, 2.24) is 4.90 Å². The van der Waals surface area contributed by atoms with Gasteiger partial charge in [0.1, 0.15) is 0 Å². The molecular weight excluding hydrogens is 258 g/mol. The van der Waals surface area contributed by atoms with Crippen LogP contribution in [0.25, 0.3) is 6.08 Å². The fourth-order valence-electron chi connectivity index (χ4n) is 2.12. The Morgan fingerprint density at radius 2 is 2.05 bits per heavy atom. The van der Waals surface area contributed by atoms with Crippen molar-refractivity contribution >= 4 is 23.8 Å². The molecule has 0 amide bonds. The third-order valence-corrected chi connectivity index (χ3v) is 4.17. The summed E-state index contributed by atoms with van der Waals surface area (Å²) in [7, 11) is 0. The van der Waals surface area contributed by atoms with E-state index in [0.717, 1.165) is 18.7 Å². The molecule has 1 N–H and O–H groups in total. The van der Waals surface area contributed by atoms with Crippen LogP contribution in [0.15, 0.2) is 30.3 Å². The fraction of sp³-hybridized carbons (Fsp3) is 0.400. The van der Waals surface area contributed by atoms with Gasteiger partial charge in [0.2, 0.25) is 0 Å². The maximum Gasteiger partial charge on any atom is 0.328 e. The van der Waals surface area contributed by atoms with Gasteiger partial charge in [0, 0.05) is 24.9 Å². The van der Waals surface area contributed by atoms with Crippen molar-refractivity contribution in [1.29, 1.82) is 0 Å². The molecule has 3 nitrogen and oxygen atoms in total. The largest absolute Gasteiger partial charge is 0.478 e. The summed E-state index contributed by atoms with van der Waals surface area (Å²) in [6.07, 6.45) is 4.06. The summed E-state index contributed by atoms with van der Waals surface area (Å²) in [4.78, 5) is 12.9. The Balaban J connectivity index is 1.92. The monoisotopic (exact) mass is 277 g/mol. The van der Waals surface area contributed by atoms with Crippen LogP contribution < -0.4 is 0 Å². The first kappa shape index (κ1) is 14.2. The van der Waals surface area contributed by atoms with Crippen molar-refractivity contribution < 1.29 is 9.90 Å². The first-order chi connectivity index (χ1) is 9.24. The van der Waals surface area contributed by atoms with Gasteiger partial charge in [0.15, 0.2) is 0 Å². The third-order valence-electron chi connectivity index (χ3n) is 3.12. The maximum atomic E-state index is 10.4. The molecule has 1 aromatic rings. The van der Waals surface area contributed by atoms with Crippen molar-refractivity contribution in [2.24, 2.45) is 0 Å². The lowest BCUT2D eigenvalue weighted by Gasteiger charge is -2.19. The summed E-state index contributed by atoms with van der Waals surface area (Å²) in [6, 6.07) is 8.11. The molecule has 0 atom stereocenters. The Hall–Kier alpha value is -1.26. The van der Waals surface area contributed by atoms with E-state index in [0.29, 0.717) is 0 Å². The number of thioether (sulfide) groups is 1. The summed E-state index contributed by atoms with van der Waals surface area (Å²) in [6.45, 7) is 3.32. The zero-order valence-electron chi connectivity index (χ0n) is 10.9. The van der Waals surface area contributed by atoms with Crippen LogP contribution in [0, 0.1) is 0 Å². The zero-order valence-corrected chi connectivity index (χ0v) is 11.7. The Morgan fingerprint density at radius 1 is 1.26 bits per heavy atom. The van der Waals surface area contributed by atoms with Crippen LogP contribution in [0.2, 0.25) is 0 Å². The first-order valence-electron chi connectivity index (χ1n) is 6.54. The van der Waals surface area contributed by atoms with Crippen molar-refractivity contribution in [2.45, 2.75) is 13.0 Å². The number of rotatable bonds is 4. The highest BCUT2D eigenvalue weighted by molar-refractivity contribution is 7.99. The van der Waals surface area contributed by atoms with Crippen LogP contribution in [0.5, 0.6) is 0 Å². The van der Waals surface area contributed by atoms with E-state index >= 15 is 0 Å². The smallest absolute Gasteiger partial charge is 0.328 e. The second-order valence-corrected chi connectivity index (χ2v) is 5.88. The van der Waals surface area contributed by atoms with E-state index in [1.54, 1.807) is 6.08 Å². The predicted molar refractivity (Wildman–Crippen MR) is 80.3 cm³/mol. The minimum Gasteiger partial charge on any atom is -0.478 e. The van der Waals surface area contributed by atoms with Gasteiger partial charge >= 0.3 is 5.97 Å². The predicted octanol–water partition coefficient (Wildman–Crippen LogP) is 2.72. The fourth-order valence-corrected chi connectivity index (χ4v) is 3.04. The Kier molecular flexibility index (Phi) is 5.48. The molecule has 0 spiro atoms. The van der Waals surface area contributed by atoms with Crippen molar-refractivity contribution in [3.8, 4) is 0 Å². The number of hydrogen-bond donors (Lipinski definition) is 1. The summed E-state index contributed by atoms with van der Waals surface area (Å²) in [5.41, 5.74) is 2.22. The second kappa shape index (κ2) is 7.36. The molecule has 0 aliphatic carbocycles. The Bertz CT molecular complexity index is 434. The molecule has 0 bridgehead atoms. The standard InChI is InChI=1S/C15H19NO2S/c17-15(18)7-6-13-2-4-14(5-3-13)12-16-8-1-10-19-11-9-16/h2-7H,1,8-12H2,(H,17,18)/b7-6+. The van der Waals surface area contributed by atoms with Gasteiger partial charge in [-0.15, -0.1) is 0 Å². The number of nitrogens with zero attached hydrogens (tertiary/aromatic N) is 1. The summed E-state index contributed by atoms with van der Waals surface area (Å²) < 4.78 is 0. The van der Waals surface area contributed by atoms with Gasteiger partial charge in [-0.1, -0.05) is 24.3 Å². The quantitative estimate of drug-likeness (QED) is 0.859. The van der Waals surface area contributed by atoms with Crippen molar-refractivity contribution in [3.63, 3.8) is 0 Å². The number of benzene rings is 1. The van der Waals surface area contributed by atoms with E-state index in [4.69, 9.17) is 5.11 Å². The highest BCUT2D eigenvalue weighted by Gasteiger charge is 2.09. The minimum atomic E-state index is -0.911. The van der Waals surface area contributed by atoms with Crippen LogP contribution in [0.3, 0.4) is 0 Å². The van der Waals surface area contributed by atoms with Gasteiger partial charge in [-0.25, -0.2) is 4.79 Å². The molecule has 1 aliphatic rings. The lowest BCUT2D eigenvalue weighted by atomic mass is 10.1. The topological polar surface area (TPSA) is 40.5 Å². The van der Waals surface area contributed by atoms with Gasteiger partial charge < -0.3 is 5.11 Å². The lowest BCUT2D eigenvalue weighted by molar-refractivity contribution is -0.131. The highest BCUT2D eigenvalue weighted by atomic mass is 32.2. The molecule has 1 heterocycles. The normalized spacial score (nSPS) is 17.5.